The third-order valence-corrected chi connectivity index (χ3v) is 6.02. The van der Waals surface area contributed by atoms with Gasteiger partial charge in [0.1, 0.15) is 5.00 Å². The average molecular weight is 429 g/mol. The lowest BCUT2D eigenvalue weighted by Gasteiger charge is -2.10. The van der Waals surface area contributed by atoms with Crippen LogP contribution in [0.5, 0.6) is 0 Å². The Balaban J connectivity index is 1.72. The van der Waals surface area contributed by atoms with Crippen LogP contribution in [0.2, 0.25) is 0 Å². The summed E-state index contributed by atoms with van der Waals surface area (Å²) in [6.07, 6.45) is 0.742. The van der Waals surface area contributed by atoms with Gasteiger partial charge in [0.15, 0.2) is 5.11 Å². The number of nitrogens with zero attached hydrogens (tertiary/aromatic N) is 2. The SMILES string of the molecule is COC(=O)c1cc(Cc2ccccc2)sc1NC(=S)NCc1c(C)nn(C)c1C. The first kappa shape index (κ1) is 21.0. The number of anilines is 1. The summed E-state index contributed by atoms with van der Waals surface area (Å²) in [6, 6.07) is 12.0. The topological polar surface area (TPSA) is 68.2 Å². The van der Waals surface area contributed by atoms with Crippen molar-refractivity contribution >= 4 is 39.6 Å². The van der Waals surface area contributed by atoms with Gasteiger partial charge in [-0.2, -0.15) is 5.10 Å². The number of nitrogens with one attached hydrogen (secondary N) is 2. The van der Waals surface area contributed by atoms with Gasteiger partial charge in [0, 0.05) is 36.1 Å². The number of methoxy groups -OCH3 is 1. The lowest BCUT2D eigenvalue weighted by Crippen LogP contribution is -2.28. The van der Waals surface area contributed by atoms with Crippen molar-refractivity contribution in [3.8, 4) is 0 Å². The van der Waals surface area contributed by atoms with Gasteiger partial charge in [-0.05, 0) is 37.7 Å². The van der Waals surface area contributed by atoms with Gasteiger partial charge in [0.25, 0.3) is 0 Å². The molecule has 0 radical (unpaired) electrons. The molecule has 0 amide bonds. The minimum absolute atomic E-state index is 0.384. The largest absolute Gasteiger partial charge is 0.465 e. The van der Waals surface area contributed by atoms with E-state index in [1.165, 1.54) is 24.0 Å². The molecule has 2 aromatic heterocycles. The van der Waals surface area contributed by atoms with Crippen molar-refractivity contribution < 1.29 is 9.53 Å². The molecular formula is C21H24N4O2S2. The number of ether oxygens (including phenoxy) is 1. The molecule has 0 unspecified atom stereocenters. The molecule has 2 N–H and O–H groups in total. The Morgan fingerprint density at radius 3 is 2.62 bits per heavy atom. The molecule has 0 fully saturated rings. The maximum atomic E-state index is 12.2. The standard InChI is InChI=1S/C21H24N4O2S2/c1-13-18(14(2)25(3)24-13)12-22-21(28)23-19-17(20(26)27-4)11-16(29-19)10-15-8-6-5-7-9-15/h5-9,11H,10,12H2,1-4H3,(H2,22,23,28). The number of aromatic nitrogens is 2. The number of aryl methyl sites for hydroxylation is 2. The van der Waals surface area contributed by atoms with Crippen LogP contribution in [0.4, 0.5) is 5.00 Å². The van der Waals surface area contributed by atoms with Crippen molar-refractivity contribution in [2.24, 2.45) is 7.05 Å². The van der Waals surface area contributed by atoms with Gasteiger partial charge in [-0.25, -0.2) is 4.79 Å². The summed E-state index contributed by atoms with van der Waals surface area (Å²) in [5.41, 5.74) is 4.84. The van der Waals surface area contributed by atoms with Crippen molar-refractivity contribution in [2.45, 2.75) is 26.8 Å². The molecule has 0 aliphatic rings. The molecule has 6 nitrogen and oxygen atoms in total. The van der Waals surface area contributed by atoms with Crippen LogP contribution in [0, 0.1) is 13.8 Å². The second kappa shape index (κ2) is 9.19. The van der Waals surface area contributed by atoms with Gasteiger partial charge in [-0.1, -0.05) is 30.3 Å². The third-order valence-electron chi connectivity index (χ3n) is 4.72. The fourth-order valence-electron chi connectivity index (χ4n) is 3.07. The quantitative estimate of drug-likeness (QED) is 0.458. The van der Waals surface area contributed by atoms with Crippen LogP contribution in [0.15, 0.2) is 36.4 Å². The van der Waals surface area contributed by atoms with Crippen LogP contribution >= 0.6 is 23.6 Å². The molecule has 8 heteroatoms. The molecule has 0 bridgehead atoms. The predicted octanol–water partition coefficient (Wildman–Crippen LogP) is 3.96. The Morgan fingerprint density at radius 1 is 1.28 bits per heavy atom. The maximum Gasteiger partial charge on any atom is 0.340 e. The van der Waals surface area contributed by atoms with Crippen molar-refractivity contribution in [3.63, 3.8) is 0 Å². The first-order valence-electron chi connectivity index (χ1n) is 9.18. The van der Waals surface area contributed by atoms with Gasteiger partial charge in [0.05, 0.1) is 18.4 Å². The Kier molecular flexibility index (Phi) is 6.66. The predicted molar refractivity (Wildman–Crippen MR) is 121 cm³/mol. The van der Waals surface area contributed by atoms with Crippen molar-refractivity contribution in [1.82, 2.24) is 15.1 Å². The summed E-state index contributed by atoms with van der Waals surface area (Å²) < 4.78 is 6.79. The Morgan fingerprint density at radius 2 is 2.00 bits per heavy atom. The summed E-state index contributed by atoms with van der Waals surface area (Å²) in [4.78, 5) is 13.3. The molecule has 0 saturated heterocycles. The number of carbonyl (C=O) groups is 1. The molecule has 2 heterocycles. The number of hydrogen-bond acceptors (Lipinski definition) is 5. The summed E-state index contributed by atoms with van der Waals surface area (Å²) in [7, 11) is 3.30. The normalized spacial score (nSPS) is 10.6. The zero-order valence-corrected chi connectivity index (χ0v) is 18.5. The van der Waals surface area contributed by atoms with Crippen LogP contribution in [0.25, 0.3) is 0 Å². The average Bonchev–Trinajstić information content (AvgIpc) is 3.20. The first-order chi connectivity index (χ1) is 13.9. The van der Waals surface area contributed by atoms with E-state index in [9.17, 15) is 4.79 Å². The number of benzene rings is 1. The molecule has 3 aromatic rings. The van der Waals surface area contributed by atoms with Gasteiger partial charge < -0.3 is 15.4 Å². The van der Waals surface area contributed by atoms with Crippen LogP contribution in [-0.4, -0.2) is 28.0 Å². The second-order valence-electron chi connectivity index (χ2n) is 6.69. The number of esters is 1. The lowest BCUT2D eigenvalue weighted by molar-refractivity contribution is 0.0602. The van der Waals surface area contributed by atoms with E-state index in [4.69, 9.17) is 17.0 Å². The smallest absolute Gasteiger partial charge is 0.340 e. The van der Waals surface area contributed by atoms with Crippen LogP contribution in [-0.2, 0) is 24.8 Å². The third kappa shape index (κ3) is 5.02. The van der Waals surface area contributed by atoms with Crippen LogP contribution in [0.1, 0.15) is 37.7 Å². The van der Waals surface area contributed by atoms with Gasteiger partial charge in [0.2, 0.25) is 0 Å². The van der Waals surface area contributed by atoms with Crippen molar-refractivity contribution in [3.05, 3.63) is 69.4 Å². The highest BCUT2D eigenvalue weighted by atomic mass is 32.1. The number of thiophene rings is 1. The Hall–Kier alpha value is -2.71. The number of rotatable bonds is 6. The second-order valence-corrected chi connectivity index (χ2v) is 8.24. The highest BCUT2D eigenvalue weighted by Crippen LogP contribution is 2.30. The molecule has 152 valence electrons. The van der Waals surface area contributed by atoms with E-state index in [1.54, 1.807) is 0 Å². The summed E-state index contributed by atoms with van der Waals surface area (Å²) in [5.74, 6) is -0.384. The minimum Gasteiger partial charge on any atom is -0.465 e. The van der Waals surface area contributed by atoms with E-state index >= 15 is 0 Å². The van der Waals surface area contributed by atoms with E-state index in [-0.39, 0.29) is 5.97 Å². The fourth-order valence-corrected chi connectivity index (χ4v) is 4.39. The van der Waals surface area contributed by atoms with E-state index < -0.39 is 0 Å². The first-order valence-corrected chi connectivity index (χ1v) is 10.4. The summed E-state index contributed by atoms with van der Waals surface area (Å²) in [5, 5.41) is 11.9. The van der Waals surface area contributed by atoms with Crippen LogP contribution in [0.3, 0.4) is 0 Å². The van der Waals surface area contributed by atoms with E-state index in [0.717, 1.165) is 28.2 Å². The molecule has 3 rings (SSSR count). The zero-order chi connectivity index (χ0) is 21.0. The molecular weight excluding hydrogens is 404 g/mol. The molecule has 0 aliphatic carbocycles. The zero-order valence-electron chi connectivity index (χ0n) is 16.9. The monoisotopic (exact) mass is 428 g/mol. The summed E-state index contributed by atoms with van der Waals surface area (Å²) in [6.45, 7) is 4.57. The molecule has 1 aromatic carbocycles. The molecule has 29 heavy (non-hydrogen) atoms. The number of thiocarbonyl (C=S) groups is 1. The van der Waals surface area contributed by atoms with E-state index in [1.807, 2.05) is 49.8 Å². The lowest BCUT2D eigenvalue weighted by atomic mass is 10.1. The highest BCUT2D eigenvalue weighted by Gasteiger charge is 2.18. The summed E-state index contributed by atoms with van der Waals surface area (Å²) >= 11 is 6.96. The van der Waals surface area contributed by atoms with Gasteiger partial charge >= 0.3 is 5.97 Å². The fraction of sp³-hybridized carbons (Fsp3) is 0.286. The van der Waals surface area contributed by atoms with E-state index in [0.29, 0.717) is 22.2 Å². The van der Waals surface area contributed by atoms with E-state index in [2.05, 4.69) is 27.9 Å². The minimum atomic E-state index is -0.384. The van der Waals surface area contributed by atoms with Crippen LogP contribution < -0.4 is 10.6 Å². The Labute approximate surface area is 179 Å². The molecule has 0 atom stereocenters. The number of carbonyl (C=O) groups excluding carboxylic acids is 1. The molecule has 0 spiro atoms. The Bertz CT molecular complexity index is 1020. The molecule has 0 saturated carbocycles. The highest BCUT2D eigenvalue weighted by molar-refractivity contribution is 7.80. The van der Waals surface area contributed by atoms with Crippen molar-refractivity contribution in [1.29, 1.82) is 0 Å². The number of hydrogen-bond donors (Lipinski definition) is 2. The molecule has 0 aliphatic heterocycles. The van der Waals surface area contributed by atoms with Crippen molar-refractivity contribution in [2.75, 3.05) is 12.4 Å². The maximum absolute atomic E-state index is 12.2. The van der Waals surface area contributed by atoms with Gasteiger partial charge in [-0.3, -0.25) is 4.68 Å². The van der Waals surface area contributed by atoms with Gasteiger partial charge in [-0.15, -0.1) is 11.3 Å².